The summed E-state index contributed by atoms with van der Waals surface area (Å²) in [6.45, 7) is 4.73. The second-order valence-corrected chi connectivity index (χ2v) is 4.67. The molecule has 0 aliphatic heterocycles. The molecule has 1 N–H and O–H groups in total. The molecule has 2 aromatic rings. The van der Waals surface area contributed by atoms with Crippen LogP contribution in [0.25, 0.3) is 5.82 Å². The van der Waals surface area contributed by atoms with E-state index in [1.807, 2.05) is 35.4 Å². The Kier molecular flexibility index (Phi) is 3.71. The summed E-state index contributed by atoms with van der Waals surface area (Å²) >= 11 is 1.19. The molecule has 0 aliphatic carbocycles. The van der Waals surface area contributed by atoms with Gasteiger partial charge in [-0.2, -0.15) is 5.10 Å². The summed E-state index contributed by atoms with van der Waals surface area (Å²) in [5.74, 6) is -0.101. The molecule has 0 fully saturated rings. The Morgan fingerprint density at radius 1 is 1.56 bits per heavy atom. The van der Waals surface area contributed by atoms with Gasteiger partial charge in [-0.05, 0) is 13.8 Å². The van der Waals surface area contributed by atoms with Crippen LogP contribution < -0.4 is 0 Å². The van der Waals surface area contributed by atoms with Gasteiger partial charge in [0.2, 0.25) is 0 Å². The highest BCUT2D eigenvalue weighted by atomic mass is 32.2. The maximum atomic E-state index is 10.6. The minimum atomic E-state index is -0.855. The Balaban J connectivity index is 2.31. The maximum absolute atomic E-state index is 10.6. The first-order valence-electron chi connectivity index (χ1n) is 5.54. The minimum Gasteiger partial charge on any atom is -0.481 e. The standard InChI is InChI=1S/C11H14N4O2S/c1-3-14-5-4-9(13-14)15-8(2)6-12-11(15)18-7-10(16)17/h4-6H,3,7H2,1-2H3,(H,16,17). The highest BCUT2D eigenvalue weighted by molar-refractivity contribution is 7.99. The number of nitrogens with zero attached hydrogens (tertiary/aromatic N) is 4. The van der Waals surface area contributed by atoms with Gasteiger partial charge in [0, 0.05) is 30.7 Å². The van der Waals surface area contributed by atoms with Crippen LogP contribution >= 0.6 is 11.8 Å². The third-order valence-corrected chi connectivity index (χ3v) is 3.35. The summed E-state index contributed by atoms with van der Waals surface area (Å²) in [6.07, 6.45) is 3.61. The molecule has 0 saturated carbocycles. The number of carboxylic acids is 1. The Bertz CT molecular complexity index is 561. The zero-order valence-corrected chi connectivity index (χ0v) is 11.0. The Morgan fingerprint density at radius 2 is 2.33 bits per heavy atom. The molecule has 0 amide bonds. The van der Waals surface area contributed by atoms with E-state index >= 15 is 0 Å². The fourth-order valence-electron chi connectivity index (χ4n) is 1.57. The lowest BCUT2D eigenvalue weighted by Gasteiger charge is -2.05. The van der Waals surface area contributed by atoms with Crippen LogP contribution in [0, 0.1) is 6.92 Å². The molecule has 0 radical (unpaired) electrons. The van der Waals surface area contributed by atoms with Gasteiger partial charge in [0.05, 0.1) is 5.75 Å². The number of rotatable bonds is 5. The van der Waals surface area contributed by atoms with E-state index in [1.54, 1.807) is 6.20 Å². The van der Waals surface area contributed by atoms with E-state index in [1.165, 1.54) is 11.8 Å². The van der Waals surface area contributed by atoms with Crippen molar-refractivity contribution in [1.29, 1.82) is 0 Å². The summed E-state index contributed by atoms with van der Waals surface area (Å²) in [7, 11) is 0. The molecule has 0 bridgehead atoms. The first-order chi connectivity index (χ1) is 8.61. The molecule has 18 heavy (non-hydrogen) atoms. The van der Waals surface area contributed by atoms with Gasteiger partial charge < -0.3 is 5.11 Å². The van der Waals surface area contributed by atoms with Crippen molar-refractivity contribution >= 4 is 17.7 Å². The quantitative estimate of drug-likeness (QED) is 0.832. The Labute approximate surface area is 109 Å². The van der Waals surface area contributed by atoms with Gasteiger partial charge in [-0.3, -0.25) is 14.0 Å². The summed E-state index contributed by atoms with van der Waals surface area (Å²) in [4.78, 5) is 14.8. The van der Waals surface area contributed by atoms with E-state index in [-0.39, 0.29) is 5.75 Å². The molecule has 0 aliphatic rings. The number of thioether (sulfide) groups is 1. The lowest BCUT2D eigenvalue weighted by atomic mass is 10.5. The fourth-order valence-corrected chi connectivity index (χ4v) is 2.31. The number of aryl methyl sites for hydroxylation is 2. The van der Waals surface area contributed by atoms with Gasteiger partial charge in [-0.25, -0.2) is 4.98 Å². The molecule has 7 heteroatoms. The molecule has 2 aromatic heterocycles. The topological polar surface area (TPSA) is 72.9 Å². The molecular formula is C11H14N4O2S. The van der Waals surface area contributed by atoms with Gasteiger partial charge in [0.1, 0.15) is 0 Å². The van der Waals surface area contributed by atoms with Crippen molar-refractivity contribution in [3.8, 4) is 5.82 Å². The first-order valence-corrected chi connectivity index (χ1v) is 6.53. The van der Waals surface area contributed by atoms with Crippen molar-refractivity contribution in [3.63, 3.8) is 0 Å². The average Bonchev–Trinajstić information content (AvgIpc) is 2.92. The SMILES string of the molecule is CCn1ccc(-n2c(C)cnc2SCC(=O)O)n1. The van der Waals surface area contributed by atoms with Crippen LogP contribution in [0.5, 0.6) is 0 Å². The zero-order chi connectivity index (χ0) is 13.1. The van der Waals surface area contributed by atoms with Crippen LogP contribution in [-0.2, 0) is 11.3 Å². The molecule has 0 unspecified atom stereocenters. The number of aromatic nitrogens is 4. The molecule has 0 atom stereocenters. The van der Waals surface area contributed by atoms with Gasteiger partial charge >= 0.3 is 5.97 Å². The Morgan fingerprint density at radius 3 is 2.94 bits per heavy atom. The van der Waals surface area contributed by atoms with Crippen LogP contribution in [0.2, 0.25) is 0 Å². The third-order valence-electron chi connectivity index (χ3n) is 2.41. The van der Waals surface area contributed by atoms with Gasteiger partial charge in [-0.1, -0.05) is 11.8 Å². The average molecular weight is 266 g/mol. The normalized spacial score (nSPS) is 10.8. The highest BCUT2D eigenvalue weighted by Gasteiger charge is 2.13. The molecule has 96 valence electrons. The van der Waals surface area contributed by atoms with Crippen molar-refractivity contribution in [1.82, 2.24) is 19.3 Å². The van der Waals surface area contributed by atoms with Gasteiger partial charge in [0.15, 0.2) is 11.0 Å². The van der Waals surface area contributed by atoms with E-state index in [9.17, 15) is 4.79 Å². The summed E-state index contributed by atoms with van der Waals surface area (Å²) in [5, 5.41) is 13.8. The third kappa shape index (κ3) is 2.56. The molecule has 0 aromatic carbocycles. The van der Waals surface area contributed by atoms with Crippen molar-refractivity contribution in [2.75, 3.05) is 5.75 Å². The van der Waals surface area contributed by atoms with Crippen LogP contribution in [-0.4, -0.2) is 36.2 Å². The largest absolute Gasteiger partial charge is 0.481 e. The van der Waals surface area contributed by atoms with Crippen molar-refractivity contribution in [2.24, 2.45) is 0 Å². The van der Waals surface area contributed by atoms with Gasteiger partial charge in [0.25, 0.3) is 0 Å². The van der Waals surface area contributed by atoms with Crippen LogP contribution in [0.4, 0.5) is 0 Å². The summed E-state index contributed by atoms with van der Waals surface area (Å²) in [5.41, 5.74) is 0.934. The predicted octanol–water partition coefficient (Wildman–Crippen LogP) is 1.57. The lowest BCUT2D eigenvalue weighted by Crippen LogP contribution is -2.04. The van der Waals surface area contributed by atoms with E-state index in [2.05, 4.69) is 10.1 Å². The second-order valence-electron chi connectivity index (χ2n) is 3.73. The van der Waals surface area contributed by atoms with Crippen LogP contribution in [0.3, 0.4) is 0 Å². The molecule has 6 nitrogen and oxygen atoms in total. The number of hydrogen-bond donors (Lipinski definition) is 1. The molecule has 2 rings (SSSR count). The number of hydrogen-bond acceptors (Lipinski definition) is 4. The van der Waals surface area contributed by atoms with Gasteiger partial charge in [-0.15, -0.1) is 0 Å². The molecule has 0 spiro atoms. The smallest absolute Gasteiger partial charge is 0.313 e. The molecule has 2 heterocycles. The van der Waals surface area contributed by atoms with E-state index < -0.39 is 5.97 Å². The van der Waals surface area contributed by atoms with Crippen LogP contribution in [0.1, 0.15) is 12.6 Å². The maximum Gasteiger partial charge on any atom is 0.313 e. The first kappa shape index (κ1) is 12.7. The number of imidazole rings is 1. The second kappa shape index (κ2) is 5.26. The zero-order valence-electron chi connectivity index (χ0n) is 10.2. The summed E-state index contributed by atoms with van der Waals surface area (Å²) in [6, 6.07) is 1.89. The number of carboxylic acid groups (broad SMARTS) is 1. The fraction of sp³-hybridized carbons (Fsp3) is 0.364. The molecule has 0 saturated heterocycles. The predicted molar refractivity (Wildman–Crippen MR) is 68.1 cm³/mol. The van der Waals surface area contributed by atoms with E-state index in [4.69, 9.17) is 5.11 Å². The Hall–Kier alpha value is -1.76. The number of carbonyl (C=O) groups is 1. The highest BCUT2D eigenvalue weighted by Crippen LogP contribution is 2.21. The summed E-state index contributed by atoms with van der Waals surface area (Å²) < 4.78 is 3.68. The minimum absolute atomic E-state index is 0.00899. The van der Waals surface area contributed by atoms with E-state index in [0.29, 0.717) is 5.16 Å². The molecular weight excluding hydrogens is 252 g/mol. The monoisotopic (exact) mass is 266 g/mol. The lowest BCUT2D eigenvalue weighted by molar-refractivity contribution is -0.133. The van der Waals surface area contributed by atoms with Crippen molar-refractivity contribution in [3.05, 3.63) is 24.2 Å². The number of aliphatic carboxylic acids is 1. The van der Waals surface area contributed by atoms with E-state index in [0.717, 1.165) is 18.1 Å². The van der Waals surface area contributed by atoms with Crippen molar-refractivity contribution in [2.45, 2.75) is 25.5 Å². The van der Waals surface area contributed by atoms with Crippen molar-refractivity contribution < 1.29 is 9.90 Å². The van der Waals surface area contributed by atoms with Crippen LogP contribution in [0.15, 0.2) is 23.6 Å².